The van der Waals surface area contributed by atoms with Crippen LogP contribution in [0, 0.1) is 0 Å². The van der Waals surface area contributed by atoms with Gasteiger partial charge in [-0.2, -0.15) is 13.2 Å². The fraction of sp³-hybridized carbons (Fsp3) is 0.556. The number of alkyl halides is 5. The SMILES string of the molecule is C=C(C)CCCN1CCC(F)(F)CC1c1ccc(C(F)(F)F)cc1. The molecular weight excluding hydrogens is 325 g/mol. The van der Waals surface area contributed by atoms with Crippen molar-refractivity contribution in [2.24, 2.45) is 0 Å². The third kappa shape index (κ3) is 5.03. The van der Waals surface area contributed by atoms with Crippen LogP contribution in [0.4, 0.5) is 22.0 Å². The Morgan fingerprint density at radius 1 is 1.25 bits per heavy atom. The molecule has 1 aliphatic heterocycles. The first-order valence-electron chi connectivity index (χ1n) is 8.02. The van der Waals surface area contributed by atoms with Crippen molar-refractivity contribution < 1.29 is 22.0 Å². The van der Waals surface area contributed by atoms with E-state index in [2.05, 4.69) is 6.58 Å². The van der Waals surface area contributed by atoms with E-state index < -0.39 is 23.7 Å². The van der Waals surface area contributed by atoms with Crippen LogP contribution < -0.4 is 0 Å². The molecule has 1 fully saturated rings. The van der Waals surface area contributed by atoms with Gasteiger partial charge in [-0.3, -0.25) is 4.90 Å². The Balaban J connectivity index is 2.15. The van der Waals surface area contributed by atoms with Gasteiger partial charge >= 0.3 is 6.18 Å². The fourth-order valence-corrected chi connectivity index (χ4v) is 3.05. The molecule has 1 heterocycles. The molecule has 6 heteroatoms. The van der Waals surface area contributed by atoms with Gasteiger partial charge in [0.2, 0.25) is 0 Å². The van der Waals surface area contributed by atoms with Crippen LogP contribution in [0.5, 0.6) is 0 Å². The number of nitrogens with zero attached hydrogens (tertiary/aromatic N) is 1. The molecule has 2 rings (SSSR count). The molecule has 0 bridgehead atoms. The first kappa shape index (κ1) is 18.9. The van der Waals surface area contributed by atoms with E-state index in [1.807, 2.05) is 11.8 Å². The lowest BCUT2D eigenvalue weighted by molar-refractivity contribution is -0.137. The van der Waals surface area contributed by atoms with Crippen molar-refractivity contribution in [1.29, 1.82) is 0 Å². The Morgan fingerprint density at radius 3 is 2.42 bits per heavy atom. The zero-order valence-electron chi connectivity index (χ0n) is 13.7. The average Bonchev–Trinajstić information content (AvgIpc) is 2.47. The van der Waals surface area contributed by atoms with Crippen LogP contribution in [0.3, 0.4) is 0 Å². The second-order valence-corrected chi connectivity index (χ2v) is 6.54. The van der Waals surface area contributed by atoms with Gasteiger partial charge in [-0.25, -0.2) is 8.78 Å². The summed E-state index contributed by atoms with van der Waals surface area (Å²) in [6, 6.07) is 4.02. The zero-order chi connectivity index (χ0) is 18.0. The number of likely N-dealkylation sites (tertiary alicyclic amines) is 1. The minimum Gasteiger partial charge on any atom is -0.296 e. The number of piperidine rings is 1. The second kappa shape index (κ2) is 7.21. The second-order valence-electron chi connectivity index (χ2n) is 6.54. The summed E-state index contributed by atoms with van der Waals surface area (Å²) >= 11 is 0. The van der Waals surface area contributed by atoms with E-state index in [-0.39, 0.29) is 19.4 Å². The number of allylic oxidation sites excluding steroid dienone is 1. The summed E-state index contributed by atoms with van der Waals surface area (Å²) in [6.45, 7) is 6.62. The molecule has 0 spiro atoms. The summed E-state index contributed by atoms with van der Waals surface area (Å²) in [5.41, 5.74) is 0.781. The van der Waals surface area contributed by atoms with E-state index in [0.29, 0.717) is 12.1 Å². The van der Waals surface area contributed by atoms with E-state index in [9.17, 15) is 22.0 Å². The molecule has 0 radical (unpaired) electrons. The maximum Gasteiger partial charge on any atom is 0.416 e. The van der Waals surface area contributed by atoms with Crippen LogP contribution in [0.15, 0.2) is 36.4 Å². The van der Waals surface area contributed by atoms with Gasteiger partial charge in [0.1, 0.15) is 0 Å². The Bertz CT molecular complexity index is 562. The summed E-state index contributed by atoms with van der Waals surface area (Å²) < 4.78 is 65.6. The van der Waals surface area contributed by atoms with E-state index in [4.69, 9.17) is 0 Å². The zero-order valence-corrected chi connectivity index (χ0v) is 13.7. The lowest BCUT2D eigenvalue weighted by atomic mass is 9.91. The molecule has 134 valence electrons. The smallest absolute Gasteiger partial charge is 0.296 e. The van der Waals surface area contributed by atoms with Crippen molar-refractivity contribution in [3.63, 3.8) is 0 Å². The number of benzene rings is 1. The Labute approximate surface area is 139 Å². The summed E-state index contributed by atoms with van der Waals surface area (Å²) in [6.07, 6.45) is -3.37. The van der Waals surface area contributed by atoms with Crippen molar-refractivity contribution >= 4 is 0 Å². The molecule has 0 amide bonds. The normalized spacial score (nSPS) is 21.7. The monoisotopic (exact) mass is 347 g/mol. The molecule has 1 unspecified atom stereocenters. The maximum absolute atomic E-state index is 13.8. The third-order valence-electron chi connectivity index (χ3n) is 4.37. The predicted octanol–water partition coefficient (Wildman–Crippen LogP) is 5.83. The van der Waals surface area contributed by atoms with Crippen LogP contribution in [0.2, 0.25) is 0 Å². The highest BCUT2D eigenvalue weighted by atomic mass is 19.4. The number of rotatable bonds is 5. The summed E-state index contributed by atoms with van der Waals surface area (Å²) in [5, 5.41) is 0. The Kier molecular flexibility index (Phi) is 5.68. The molecule has 1 atom stereocenters. The van der Waals surface area contributed by atoms with Crippen molar-refractivity contribution in [1.82, 2.24) is 4.90 Å². The van der Waals surface area contributed by atoms with Crippen molar-refractivity contribution in [2.75, 3.05) is 13.1 Å². The Morgan fingerprint density at radius 2 is 1.88 bits per heavy atom. The lowest BCUT2D eigenvalue weighted by Gasteiger charge is -2.39. The standard InChI is InChI=1S/C18H22F5N/c1-13(2)4-3-10-24-11-9-17(19,20)12-16(24)14-5-7-15(8-6-14)18(21,22)23/h5-8,16H,1,3-4,9-12H2,2H3. The topological polar surface area (TPSA) is 3.24 Å². The summed E-state index contributed by atoms with van der Waals surface area (Å²) in [4.78, 5) is 1.95. The van der Waals surface area contributed by atoms with Gasteiger partial charge in [0.25, 0.3) is 5.92 Å². The van der Waals surface area contributed by atoms with Gasteiger partial charge in [-0.15, -0.1) is 6.58 Å². The molecule has 1 aromatic rings. The Hall–Kier alpha value is -1.43. The van der Waals surface area contributed by atoms with Crippen molar-refractivity contribution in [2.45, 2.75) is 50.7 Å². The van der Waals surface area contributed by atoms with Gasteiger partial charge in [0.15, 0.2) is 0 Å². The highest BCUT2D eigenvalue weighted by Gasteiger charge is 2.41. The summed E-state index contributed by atoms with van der Waals surface area (Å²) in [7, 11) is 0. The number of hydrogen-bond acceptors (Lipinski definition) is 1. The van der Waals surface area contributed by atoms with Gasteiger partial charge in [-0.1, -0.05) is 17.7 Å². The largest absolute Gasteiger partial charge is 0.416 e. The van der Waals surface area contributed by atoms with Crippen LogP contribution in [-0.4, -0.2) is 23.9 Å². The van der Waals surface area contributed by atoms with Crippen LogP contribution in [0.25, 0.3) is 0 Å². The van der Waals surface area contributed by atoms with Crippen LogP contribution >= 0.6 is 0 Å². The first-order chi connectivity index (χ1) is 11.1. The molecule has 0 aromatic heterocycles. The molecule has 24 heavy (non-hydrogen) atoms. The average molecular weight is 347 g/mol. The van der Waals surface area contributed by atoms with E-state index in [0.717, 1.165) is 30.5 Å². The van der Waals surface area contributed by atoms with Crippen LogP contribution in [0.1, 0.15) is 49.8 Å². The minimum absolute atomic E-state index is 0.211. The molecule has 0 saturated carbocycles. The van der Waals surface area contributed by atoms with E-state index >= 15 is 0 Å². The fourth-order valence-electron chi connectivity index (χ4n) is 3.05. The summed E-state index contributed by atoms with van der Waals surface area (Å²) in [5.74, 6) is -2.78. The molecule has 1 nitrogen and oxygen atoms in total. The van der Waals surface area contributed by atoms with Crippen molar-refractivity contribution in [3.8, 4) is 0 Å². The molecular formula is C18H22F5N. The minimum atomic E-state index is -4.42. The van der Waals surface area contributed by atoms with E-state index in [1.54, 1.807) is 0 Å². The molecule has 0 N–H and O–H groups in total. The van der Waals surface area contributed by atoms with Gasteiger partial charge in [0.05, 0.1) is 5.56 Å². The van der Waals surface area contributed by atoms with Crippen molar-refractivity contribution in [3.05, 3.63) is 47.5 Å². The molecule has 0 aliphatic carbocycles. The number of hydrogen-bond donors (Lipinski definition) is 0. The maximum atomic E-state index is 13.8. The van der Waals surface area contributed by atoms with Gasteiger partial charge in [0, 0.05) is 25.4 Å². The third-order valence-corrected chi connectivity index (χ3v) is 4.37. The van der Waals surface area contributed by atoms with Gasteiger partial charge < -0.3 is 0 Å². The van der Waals surface area contributed by atoms with Crippen LogP contribution in [-0.2, 0) is 6.18 Å². The molecule has 1 saturated heterocycles. The lowest BCUT2D eigenvalue weighted by Crippen LogP contribution is -2.42. The molecule has 1 aliphatic rings. The number of halogens is 5. The predicted molar refractivity (Wildman–Crippen MR) is 84.0 cm³/mol. The van der Waals surface area contributed by atoms with Gasteiger partial charge in [-0.05, 0) is 44.0 Å². The molecule has 1 aromatic carbocycles. The highest BCUT2D eigenvalue weighted by Crippen LogP contribution is 2.40. The first-order valence-corrected chi connectivity index (χ1v) is 8.02. The van der Waals surface area contributed by atoms with E-state index in [1.165, 1.54) is 12.1 Å². The quantitative estimate of drug-likeness (QED) is 0.478. The highest BCUT2D eigenvalue weighted by molar-refractivity contribution is 5.27.